The average molecular weight is 267 g/mol. The van der Waals surface area contributed by atoms with E-state index in [0.717, 1.165) is 6.07 Å². The first-order valence-corrected chi connectivity index (χ1v) is 4.53. The van der Waals surface area contributed by atoms with Gasteiger partial charge in [-0.05, 0) is 33.6 Å². The highest BCUT2D eigenvalue weighted by Gasteiger charge is 2.08. The van der Waals surface area contributed by atoms with Crippen molar-refractivity contribution in [3.63, 3.8) is 0 Å². The summed E-state index contributed by atoms with van der Waals surface area (Å²) >= 11 is 8.54. The average Bonchev–Trinajstić information content (AvgIpc) is 1.98. The third kappa shape index (κ3) is 2.67. The van der Waals surface area contributed by atoms with E-state index in [9.17, 15) is 9.18 Å². The van der Waals surface area contributed by atoms with Crippen molar-refractivity contribution in [3.8, 4) is 0 Å². The van der Waals surface area contributed by atoms with Crippen LogP contribution in [0.1, 0.15) is 5.56 Å². The number of halogens is 3. The quantitative estimate of drug-likeness (QED) is 0.837. The SMILES string of the molecule is O=C(O)Cc1cc(F)c(Cl)c(Br)c1. The maximum Gasteiger partial charge on any atom is 0.307 e. The van der Waals surface area contributed by atoms with Gasteiger partial charge in [0.15, 0.2) is 0 Å². The zero-order chi connectivity index (χ0) is 10.0. The zero-order valence-corrected chi connectivity index (χ0v) is 8.69. The largest absolute Gasteiger partial charge is 0.481 e. The standard InChI is InChI=1S/C8H5BrClFO2/c9-5-1-4(3-7(12)13)2-6(11)8(5)10/h1-2H,3H2,(H,12,13). The predicted octanol–water partition coefficient (Wildman–Crippen LogP) is 2.87. The van der Waals surface area contributed by atoms with Gasteiger partial charge in [-0.2, -0.15) is 0 Å². The second kappa shape index (κ2) is 4.07. The van der Waals surface area contributed by atoms with Crippen LogP contribution in [0.25, 0.3) is 0 Å². The smallest absolute Gasteiger partial charge is 0.307 e. The Bertz CT molecular complexity index is 331. The number of carbonyl (C=O) groups is 1. The maximum atomic E-state index is 12.9. The van der Waals surface area contributed by atoms with Crippen molar-refractivity contribution < 1.29 is 14.3 Å². The first-order chi connectivity index (χ1) is 6.00. The molecule has 0 spiro atoms. The molecule has 0 aromatic heterocycles. The number of rotatable bonds is 2. The summed E-state index contributed by atoms with van der Waals surface area (Å²) in [5, 5.41) is 8.41. The van der Waals surface area contributed by atoms with Crippen molar-refractivity contribution in [2.75, 3.05) is 0 Å². The highest BCUT2D eigenvalue weighted by molar-refractivity contribution is 9.10. The Kier molecular flexibility index (Phi) is 3.27. The third-order valence-electron chi connectivity index (χ3n) is 1.40. The molecule has 5 heteroatoms. The third-order valence-corrected chi connectivity index (χ3v) is 2.64. The lowest BCUT2D eigenvalue weighted by atomic mass is 10.1. The van der Waals surface area contributed by atoms with Gasteiger partial charge in [0.2, 0.25) is 0 Å². The van der Waals surface area contributed by atoms with Crippen molar-refractivity contribution in [3.05, 3.63) is 33.0 Å². The molecule has 1 aromatic rings. The lowest BCUT2D eigenvalue weighted by molar-refractivity contribution is -0.136. The van der Waals surface area contributed by atoms with Crippen LogP contribution in [-0.4, -0.2) is 11.1 Å². The minimum atomic E-state index is -1.01. The Labute approximate surface area is 87.5 Å². The van der Waals surface area contributed by atoms with E-state index in [-0.39, 0.29) is 11.4 Å². The van der Waals surface area contributed by atoms with Gasteiger partial charge in [0.05, 0.1) is 11.4 Å². The Morgan fingerprint density at radius 2 is 2.23 bits per heavy atom. The zero-order valence-electron chi connectivity index (χ0n) is 6.35. The molecule has 0 fully saturated rings. The van der Waals surface area contributed by atoms with Gasteiger partial charge in [-0.1, -0.05) is 11.6 Å². The molecule has 0 atom stereocenters. The van der Waals surface area contributed by atoms with Crippen LogP contribution in [0.4, 0.5) is 4.39 Å². The molecule has 0 aliphatic carbocycles. The van der Waals surface area contributed by atoms with Crippen LogP contribution in [0.2, 0.25) is 5.02 Å². The molecular formula is C8H5BrClFO2. The Morgan fingerprint density at radius 1 is 1.62 bits per heavy atom. The lowest BCUT2D eigenvalue weighted by Gasteiger charge is -2.01. The molecule has 1 aromatic carbocycles. The van der Waals surface area contributed by atoms with Crippen LogP contribution >= 0.6 is 27.5 Å². The van der Waals surface area contributed by atoms with E-state index in [2.05, 4.69) is 15.9 Å². The van der Waals surface area contributed by atoms with Crippen LogP contribution in [0.3, 0.4) is 0 Å². The highest BCUT2D eigenvalue weighted by Crippen LogP contribution is 2.26. The van der Waals surface area contributed by atoms with Crippen LogP contribution in [-0.2, 0) is 11.2 Å². The van der Waals surface area contributed by atoms with E-state index in [1.807, 2.05) is 0 Å². The van der Waals surface area contributed by atoms with Crippen molar-refractivity contribution >= 4 is 33.5 Å². The van der Waals surface area contributed by atoms with Crippen LogP contribution in [0, 0.1) is 5.82 Å². The summed E-state index contributed by atoms with van der Waals surface area (Å²) in [5.41, 5.74) is 0.376. The topological polar surface area (TPSA) is 37.3 Å². The summed E-state index contributed by atoms with van der Waals surface area (Å²) in [6.45, 7) is 0. The fraction of sp³-hybridized carbons (Fsp3) is 0.125. The Morgan fingerprint density at radius 3 is 2.69 bits per heavy atom. The number of carboxylic acid groups (broad SMARTS) is 1. The number of hydrogen-bond acceptors (Lipinski definition) is 1. The second-order valence-electron chi connectivity index (χ2n) is 2.44. The van der Waals surface area contributed by atoms with E-state index in [1.54, 1.807) is 0 Å². The van der Waals surface area contributed by atoms with Crippen LogP contribution < -0.4 is 0 Å². The van der Waals surface area contributed by atoms with Crippen LogP contribution in [0.5, 0.6) is 0 Å². The maximum absolute atomic E-state index is 12.9. The molecule has 0 saturated heterocycles. The molecular weight excluding hydrogens is 262 g/mol. The van der Waals surface area contributed by atoms with Gasteiger partial charge in [0.1, 0.15) is 5.82 Å². The van der Waals surface area contributed by atoms with Gasteiger partial charge in [-0.15, -0.1) is 0 Å². The Balaban J connectivity index is 3.06. The predicted molar refractivity (Wildman–Crippen MR) is 50.4 cm³/mol. The van der Waals surface area contributed by atoms with E-state index >= 15 is 0 Å². The molecule has 1 rings (SSSR count). The van der Waals surface area contributed by atoms with E-state index in [4.69, 9.17) is 16.7 Å². The molecule has 0 aliphatic rings. The second-order valence-corrected chi connectivity index (χ2v) is 3.68. The fourth-order valence-corrected chi connectivity index (χ4v) is 1.48. The van der Waals surface area contributed by atoms with Gasteiger partial charge in [-0.3, -0.25) is 4.79 Å². The first-order valence-electron chi connectivity index (χ1n) is 3.36. The molecule has 0 aliphatic heterocycles. The number of hydrogen-bond donors (Lipinski definition) is 1. The van der Waals surface area contributed by atoms with Crippen molar-refractivity contribution in [1.82, 2.24) is 0 Å². The number of aliphatic carboxylic acids is 1. The monoisotopic (exact) mass is 266 g/mol. The highest BCUT2D eigenvalue weighted by atomic mass is 79.9. The minimum absolute atomic E-state index is 0.0332. The van der Waals surface area contributed by atoms with Crippen molar-refractivity contribution in [2.24, 2.45) is 0 Å². The Hall–Kier alpha value is -0.610. The summed E-state index contributed by atoms with van der Waals surface area (Å²) < 4.78 is 13.3. The molecule has 0 heterocycles. The molecule has 0 saturated carbocycles. The summed E-state index contributed by atoms with van der Waals surface area (Å²) in [5.74, 6) is -1.62. The van der Waals surface area contributed by atoms with Crippen molar-refractivity contribution in [1.29, 1.82) is 0 Å². The molecule has 70 valence electrons. The van der Waals surface area contributed by atoms with Gasteiger partial charge < -0.3 is 5.11 Å². The summed E-state index contributed by atoms with van der Waals surface area (Å²) in [6.07, 6.45) is -0.216. The molecule has 13 heavy (non-hydrogen) atoms. The molecule has 0 radical (unpaired) electrons. The van der Waals surface area contributed by atoms with Crippen molar-refractivity contribution in [2.45, 2.75) is 6.42 Å². The summed E-state index contributed by atoms with van der Waals surface area (Å²) in [7, 11) is 0. The molecule has 0 amide bonds. The number of benzene rings is 1. The van der Waals surface area contributed by atoms with Gasteiger partial charge in [0, 0.05) is 4.47 Å². The van der Waals surface area contributed by atoms with Gasteiger partial charge in [-0.25, -0.2) is 4.39 Å². The minimum Gasteiger partial charge on any atom is -0.481 e. The summed E-state index contributed by atoms with van der Waals surface area (Å²) in [4.78, 5) is 10.3. The van der Waals surface area contributed by atoms with Gasteiger partial charge in [0.25, 0.3) is 0 Å². The first kappa shape index (κ1) is 10.5. The fourth-order valence-electron chi connectivity index (χ4n) is 0.885. The van der Waals surface area contributed by atoms with E-state index < -0.39 is 11.8 Å². The molecule has 1 N–H and O–H groups in total. The molecule has 0 unspecified atom stereocenters. The molecule has 2 nitrogen and oxygen atoms in total. The number of carboxylic acids is 1. The van der Waals surface area contributed by atoms with E-state index in [0.29, 0.717) is 10.0 Å². The lowest BCUT2D eigenvalue weighted by Crippen LogP contribution is -2.00. The van der Waals surface area contributed by atoms with Crippen LogP contribution in [0.15, 0.2) is 16.6 Å². The summed E-state index contributed by atoms with van der Waals surface area (Å²) in [6, 6.07) is 2.60. The normalized spacial score (nSPS) is 10.1. The van der Waals surface area contributed by atoms with Gasteiger partial charge >= 0.3 is 5.97 Å². The van der Waals surface area contributed by atoms with E-state index in [1.165, 1.54) is 6.07 Å². The molecule has 0 bridgehead atoms.